The number of hydrogen-bond donors (Lipinski definition) is 2. The Bertz CT molecular complexity index is 547. The van der Waals surface area contributed by atoms with Crippen LogP contribution in [0.5, 0.6) is 0 Å². The Morgan fingerprint density at radius 3 is 2.75 bits per heavy atom. The van der Waals surface area contributed by atoms with Crippen molar-refractivity contribution in [2.24, 2.45) is 0 Å². The van der Waals surface area contributed by atoms with Crippen LogP contribution < -0.4 is 11.1 Å². The van der Waals surface area contributed by atoms with E-state index in [1.165, 1.54) is 4.90 Å². The molecular weight excluding hydrogens is 256 g/mol. The fraction of sp³-hybridized carbons (Fsp3) is 0.357. The lowest BCUT2D eigenvalue weighted by Crippen LogP contribution is -2.42. The molecule has 1 aromatic rings. The molecule has 1 aliphatic heterocycles. The Morgan fingerprint density at radius 2 is 2.10 bits per heavy atom. The first-order valence-electron chi connectivity index (χ1n) is 6.44. The molecule has 1 aromatic carbocycles. The van der Waals surface area contributed by atoms with E-state index >= 15 is 0 Å². The van der Waals surface area contributed by atoms with Gasteiger partial charge in [-0.3, -0.25) is 9.59 Å². The van der Waals surface area contributed by atoms with Gasteiger partial charge in [-0.15, -0.1) is 0 Å². The minimum atomic E-state index is -0.365. The highest BCUT2D eigenvalue weighted by atomic mass is 16.2. The molecule has 6 heteroatoms. The maximum Gasteiger partial charge on any atom is 0.251 e. The zero-order chi connectivity index (χ0) is 14.5. The second kappa shape index (κ2) is 6.06. The van der Waals surface area contributed by atoms with Crippen LogP contribution in [0.1, 0.15) is 23.2 Å². The Balaban J connectivity index is 1.89. The van der Waals surface area contributed by atoms with E-state index in [1.807, 2.05) is 0 Å². The maximum absolute atomic E-state index is 11.9. The second-order valence-electron chi connectivity index (χ2n) is 4.68. The molecule has 1 fully saturated rings. The van der Waals surface area contributed by atoms with Crippen LogP contribution in [0.15, 0.2) is 24.3 Å². The number of nitrogen functional groups attached to an aromatic ring is 1. The van der Waals surface area contributed by atoms with Gasteiger partial charge in [-0.2, -0.15) is 5.26 Å². The lowest BCUT2D eigenvalue weighted by molar-refractivity contribution is -0.130. The van der Waals surface area contributed by atoms with Crippen LogP contribution in [0, 0.1) is 11.3 Å². The van der Waals surface area contributed by atoms with Crippen LogP contribution in [0.2, 0.25) is 0 Å². The van der Waals surface area contributed by atoms with Gasteiger partial charge < -0.3 is 16.0 Å². The Hall–Kier alpha value is -2.55. The van der Waals surface area contributed by atoms with Crippen LogP contribution in [0.4, 0.5) is 5.69 Å². The van der Waals surface area contributed by atoms with Gasteiger partial charge >= 0.3 is 0 Å². The number of carbonyl (C=O) groups is 2. The zero-order valence-electron chi connectivity index (χ0n) is 11.0. The number of benzene rings is 1. The van der Waals surface area contributed by atoms with E-state index in [0.717, 1.165) is 6.42 Å². The molecule has 3 N–H and O–H groups in total. The van der Waals surface area contributed by atoms with Gasteiger partial charge in [0.05, 0.1) is 12.6 Å². The fourth-order valence-corrected chi connectivity index (χ4v) is 2.19. The number of nitriles is 1. The maximum atomic E-state index is 11.9. The molecule has 0 bridgehead atoms. The van der Waals surface area contributed by atoms with Gasteiger partial charge in [0.1, 0.15) is 6.04 Å². The molecule has 0 saturated carbocycles. The average Bonchev–Trinajstić information content (AvgIpc) is 2.93. The first-order chi connectivity index (χ1) is 9.61. The van der Waals surface area contributed by atoms with E-state index in [0.29, 0.717) is 24.2 Å². The topological polar surface area (TPSA) is 99.2 Å². The molecule has 0 aliphatic carbocycles. The minimum Gasteiger partial charge on any atom is -0.399 e. The van der Waals surface area contributed by atoms with Gasteiger partial charge in [-0.25, -0.2) is 0 Å². The number of rotatable bonds is 3. The smallest absolute Gasteiger partial charge is 0.251 e. The standard InChI is InChI=1S/C14H16N4O2/c15-8-12-2-1-7-18(12)13(19)9-17-14(20)10-3-5-11(16)6-4-10/h3-6,12H,1-2,7,9,16H2,(H,17,20)/t12-/m0/s1. The van der Waals surface area contributed by atoms with E-state index in [2.05, 4.69) is 11.4 Å². The molecule has 20 heavy (non-hydrogen) atoms. The third-order valence-corrected chi connectivity index (χ3v) is 3.30. The third kappa shape index (κ3) is 3.06. The highest BCUT2D eigenvalue weighted by Gasteiger charge is 2.28. The first kappa shape index (κ1) is 13.9. The Kier molecular flexibility index (Phi) is 4.20. The SMILES string of the molecule is N#C[C@@H]1CCCN1C(=O)CNC(=O)c1ccc(N)cc1. The van der Waals surface area contributed by atoms with Crippen molar-refractivity contribution in [3.05, 3.63) is 29.8 Å². The molecule has 2 rings (SSSR count). The van der Waals surface area contributed by atoms with Gasteiger partial charge in [0, 0.05) is 17.8 Å². The van der Waals surface area contributed by atoms with Crippen molar-refractivity contribution in [3.63, 3.8) is 0 Å². The van der Waals surface area contributed by atoms with E-state index < -0.39 is 0 Å². The van der Waals surface area contributed by atoms with Crippen LogP contribution in [-0.2, 0) is 4.79 Å². The number of hydrogen-bond acceptors (Lipinski definition) is 4. The van der Waals surface area contributed by atoms with Crippen LogP contribution in [0.3, 0.4) is 0 Å². The van der Waals surface area contributed by atoms with Gasteiger partial charge in [0.15, 0.2) is 0 Å². The van der Waals surface area contributed by atoms with Crippen LogP contribution in [-0.4, -0.2) is 35.8 Å². The molecule has 0 aromatic heterocycles. The van der Waals surface area contributed by atoms with Crippen molar-refractivity contribution in [2.75, 3.05) is 18.8 Å². The molecule has 1 heterocycles. The zero-order valence-corrected chi connectivity index (χ0v) is 11.0. The lowest BCUT2D eigenvalue weighted by atomic mass is 10.2. The summed E-state index contributed by atoms with van der Waals surface area (Å²) >= 11 is 0. The monoisotopic (exact) mass is 272 g/mol. The molecule has 1 saturated heterocycles. The highest BCUT2D eigenvalue weighted by Crippen LogP contribution is 2.16. The van der Waals surface area contributed by atoms with Gasteiger partial charge in [-0.1, -0.05) is 0 Å². The molecule has 104 valence electrons. The minimum absolute atomic E-state index is 0.0958. The number of likely N-dealkylation sites (tertiary alicyclic amines) is 1. The number of anilines is 1. The molecule has 6 nitrogen and oxygen atoms in total. The predicted octanol–water partition coefficient (Wildman–Crippen LogP) is 0.513. The molecule has 2 amide bonds. The quantitative estimate of drug-likeness (QED) is 0.783. The largest absolute Gasteiger partial charge is 0.399 e. The summed E-state index contributed by atoms with van der Waals surface area (Å²) in [7, 11) is 0. The predicted molar refractivity (Wildman–Crippen MR) is 73.5 cm³/mol. The average molecular weight is 272 g/mol. The highest BCUT2D eigenvalue weighted by molar-refractivity contribution is 5.96. The van der Waals surface area contributed by atoms with Gasteiger partial charge in [0.25, 0.3) is 5.91 Å². The molecule has 1 aliphatic rings. The number of nitrogens with two attached hydrogens (primary N) is 1. The van der Waals surface area contributed by atoms with E-state index in [1.54, 1.807) is 24.3 Å². The first-order valence-corrected chi connectivity index (χ1v) is 6.44. The van der Waals surface area contributed by atoms with Crippen LogP contribution in [0.25, 0.3) is 0 Å². The molecular formula is C14H16N4O2. The summed E-state index contributed by atoms with van der Waals surface area (Å²) < 4.78 is 0. The summed E-state index contributed by atoms with van der Waals surface area (Å²) in [4.78, 5) is 25.3. The fourth-order valence-electron chi connectivity index (χ4n) is 2.19. The Labute approximate surface area is 117 Å². The molecule has 0 radical (unpaired) electrons. The van der Waals surface area contributed by atoms with Crippen molar-refractivity contribution in [2.45, 2.75) is 18.9 Å². The summed E-state index contributed by atoms with van der Waals surface area (Å²) in [6, 6.07) is 8.19. The summed E-state index contributed by atoms with van der Waals surface area (Å²) in [5.74, 6) is -0.552. The van der Waals surface area contributed by atoms with E-state index in [-0.39, 0.29) is 24.4 Å². The Morgan fingerprint density at radius 1 is 1.40 bits per heavy atom. The van der Waals surface area contributed by atoms with Gasteiger partial charge in [0.2, 0.25) is 5.91 Å². The summed E-state index contributed by atoms with van der Waals surface area (Å²) in [6.07, 6.45) is 1.53. The molecule has 0 unspecified atom stereocenters. The number of carbonyl (C=O) groups excluding carboxylic acids is 2. The van der Waals surface area contributed by atoms with Crippen molar-refractivity contribution >= 4 is 17.5 Å². The number of nitrogens with one attached hydrogen (secondary N) is 1. The summed E-state index contributed by atoms with van der Waals surface area (Å²) in [5, 5.41) is 11.5. The normalized spacial score (nSPS) is 17.6. The van der Waals surface area contributed by atoms with E-state index in [9.17, 15) is 9.59 Å². The summed E-state index contributed by atoms with van der Waals surface area (Å²) in [6.45, 7) is 0.482. The summed E-state index contributed by atoms with van der Waals surface area (Å²) in [5.41, 5.74) is 6.56. The lowest BCUT2D eigenvalue weighted by Gasteiger charge is -2.19. The van der Waals surface area contributed by atoms with Crippen molar-refractivity contribution < 1.29 is 9.59 Å². The van der Waals surface area contributed by atoms with E-state index in [4.69, 9.17) is 11.0 Å². The van der Waals surface area contributed by atoms with Crippen molar-refractivity contribution in [1.82, 2.24) is 10.2 Å². The second-order valence-corrected chi connectivity index (χ2v) is 4.68. The number of nitrogens with zero attached hydrogens (tertiary/aromatic N) is 2. The van der Waals surface area contributed by atoms with Gasteiger partial charge in [-0.05, 0) is 37.1 Å². The van der Waals surface area contributed by atoms with Crippen LogP contribution >= 0.6 is 0 Å². The van der Waals surface area contributed by atoms with Crippen molar-refractivity contribution in [3.8, 4) is 6.07 Å². The molecule has 0 spiro atoms. The molecule has 1 atom stereocenters. The third-order valence-electron chi connectivity index (χ3n) is 3.30. The van der Waals surface area contributed by atoms with Crippen molar-refractivity contribution in [1.29, 1.82) is 5.26 Å². The number of amides is 2.